The molecule has 7 nitrogen and oxygen atoms in total. The van der Waals surface area contributed by atoms with Gasteiger partial charge >= 0.3 is 5.97 Å². The van der Waals surface area contributed by atoms with Gasteiger partial charge in [0.05, 0.1) is 13.2 Å². The quantitative estimate of drug-likeness (QED) is 0.300. The number of hydrogen-bond donors (Lipinski definition) is 1. The Morgan fingerprint density at radius 3 is 2.71 bits per heavy atom. The van der Waals surface area contributed by atoms with E-state index in [1.165, 1.54) is 6.92 Å². The molecule has 0 spiro atoms. The van der Waals surface area contributed by atoms with Gasteiger partial charge in [0.25, 0.3) is 0 Å². The van der Waals surface area contributed by atoms with E-state index in [9.17, 15) is 9.59 Å². The van der Waals surface area contributed by atoms with Crippen LogP contribution in [0.5, 0.6) is 0 Å². The van der Waals surface area contributed by atoms with Gasteiger partial charge in [-0.1, -0.05) is 5.11 Å². The molecule has 78 valence electrons. The lowest BCUT2D eigenvalue weighted by Gasteiger charge is -2.13. The highest BCUT2D eigenvalue weighted by Crippen LogP contribution is 1.91. The zero-order chi connectivity index (χ0) is 11.0. The third-order valence-corrected chi connectivity index (χ3v) is 1.28. The third-order valence-electron chi connectivity index (χ3n) is 1.28. The van der Waals surface area contributed by atoms with Crippen molar-refractivity contribution in [3.8, 4) is 0 Å². The monoisotopic (exact) mass is 200 g/mol. The topological polar surface area (TPSA) is 104 Å². The number of carbonyl (C=O) groups excluding carboxylic acids is 2. The molecule has 0 aromatic carbocycles. The van der Waals surface area contributed by atoms with Crippen molar-refractivity contribution in [2.75, 3.05) is 13.2 Å². The second-order valence-electron chi connectivity index (χ2n) is 2.42. The molecule has 0 aromatic rings. The molecule has 1 atom stereocenters. The first-order valence-corrected chi connectivity index (χ1v) is 4.06. The fourth-order valence-corrected chi connectivity index (χ4v) is 0.785. The van der Waals surface area contributed by atoms with Crippen LogP contribution in [-0.4, -0.2) is 31.1 Å². The first kappa shape index (κ1) is 12.2. The molecule has 14 heavy (non-hydrogen) atoms. The lowest BCUT2D eigenvalue weighted by molar-refractivity contribution is -0.146. The van der Waals surface area contributed by atoms with Crippen molar-refractivity contribution in [3.05, 3.63) is 10.4 Å². The van der Waals surface area contributed by atoms with Crippen molar-refractivity contribution in [1.29, 1.82) is 0 Å². The number of azide groups is 1. The Kier molecular flexibility index (Phi) is 5.89. The summed E-state index contributed by atoms with van der Waals surface area (Å²) >= 11 is 0. The van der Waals surface area contributed by atoms with Gasteiger partial charge in [0.1, 0.15) is 6.04 Å². The molecule has 0 aliphatic carbocycles. The fourth-order valence-electron chi connectivity index (χ4n) is 0.785. The maximum Gasteiger partial charge on any atom is 0.328 e. The summed E-state index contributed by atoms with van der Waals surface area (Å²) in [6, 6.07) is -0.900. The molecule has 0 aromatic heterocycles. The number of hydrogen-bond acceptors (Lipinski definition) is 4. The summed E-state index contributed by atoms with van der Waals surface area (Å²) in [4.78, 5) is 24.3. The van der Waals surface area contributed by atoms with E-state index in [4.69, 9.17) is 5.53 Å². The minimum atomic E-state index is -0.900. The Bertz CT molecular complexity index is 256. The van der Waals surface area contributed by atoms with Crippen LogP contribution in [0, 0.1) is 0 Å². The van der Waals surface area contributed by atoms with Crippen molar-refractivity contribution < 1.29 is 14.3 Å². The Hall–Kier alpha value is -1.75. The molecule has 7 heteroatoms. The summed E-state index contributed by atoms with van der Waals surface area (Å²) in [7, 11) is 0. The molecule has 0 unspecified atom stereocenters. The average molecular weight is 200 g/mol. The number of amides is 1. The molecule has 0 saturated heterocycles. The van der Waals surface area contributed by atoms with Crippen LogP contribution in [0.1, 0.15) is 13.8 Å². The molecule has 0 bridgehead atoms. The number of nitrogens with one attached hydrogen (secondary N) is 1. The summed E-state index contributed by atoms with van der Waals surface area (Å²) in [5.41, 5.74) is 8.05. The number of nitrogens with zero attached hydrogens (tertiary/aromatic N) is 3. The molecule has 0 rings (SSSR count). The highest BCUT2D eigenvalue weighted by molar-refractivity contribution is 5.83. The van der Waals surface area contributed by atoms with Crippen molar-refractivity contribution >= 4 is 11.9 Å². The van der Waals surface area contributed by atoms with Crippen molar-refractivity contribution in [3.63, 3.8) is 0 Å². The van der Waals surface area contributed by atoms with Crippen LogP contribution in [0.4, 0.5) is 0 Å². The maximum absolute atomic E-state index is 11.2. The molecular weight excluding hydrogens is 188 g/mol. The van der Waals surface area contributed by atoms with Crippen molar-refractivity contribution in [2.45, 2.75) is 19.9 Å². The molecule has 1 N–H and O–H groups in total. The first-order chi connectivity index (χ1) is 6.61. The van der Waals surface area contributed by atoms with Gasteiger partial charge in [0, 0.05) is 11.8 Å². The number of ether oxygens (including phenoxy) is 1. The standard InChI is InChI=1S/C7H12N4O3/c1-3-14-7(13)6(4-9-11-8)10-5(2)12/h6H,3-4H2,1-2H3,(H,10,12)/t6-/m0/s1. The van der Waals surface area contributed by atoms with Gasteiger partial charge in [-0.2, -0.15) is 0 Å². The van der Waals surface area contributed by atoms with Crippen LogP contribution in [-0.2, 0) is 14.3 Å². The zero-order valence-corrected chi connectivity index (χ0v) is 8.06. The van der Waals surface area contributed by atoms with Crippen LogP contribution in [0.25, 0.3) is 10.4 Å². The molecule has 0 heterocycles. The lowest BCUT2D eigenvalue weighted by atomic mass is 10.3. The molecular formula is C7H12N4O3. The summed E-state index contributed by atoms with van der Waals surface area (Å²) in [5, 5.41) is 5.51. The average Bonchev–Trinajstić information content (AvgIpc) is 2.12. The summed E-state index contributed by atoms with van der Waals surface area (Å²) in [6.45, 7) is 2.98. The minimum Gasteiger partial charge on any atom is -0.464 e. The van der Waals surface area contributed by atoms with E-state index in [1.54, 1.807) is 6.92 Å². The molecule has 0 radical (unpaired) electrons. The second-order valence-corrected chi connectivity index (χ2v) is 2.42. The normalized spacial score (nSPS) is 11.0. The van der Waals surface area contributed by atoms with Crippen LogP contribution in [0.2, 0.25) is 0 Å². The van der Waals surface area contributed by atoms with Crippen LogP contribution in [0.3, 0.4) is 0 Å². The Morgan fingerprint density at radius 2 is 2.29 bits per heavy atom. The predicted octanol–water partition coefficient (Wildman–Crippen LogP) is 0.364. The summed E-state index contributed by atoms with van der Waals surface area (Å²) < 4.78 is 4.66. The third kappa shape index (κ3) is 5.00. The van der Waals surface area contributed by atoms with Gasteiger partial charge in [0.15, 0.2) is 0 Å². The van der Waals surface area contributed by atoms with Gasteiger partial charge in [-0.25, -0.2) is 4.79 Å². The van der Waals surface area contributed by atoms with E-state index in [2.05, 4.69) is 20.1 Å². The van der Waals surface area contributed by atoms with Crippen molar-refractivity contribution in [1.82, 2.24) is 5.32 Å². The van der Waals surface area contributed by atoms with Crippen LogP contribution in [0.15, 0.2) is 5.11 Å². The SMILES string of the molecule is CCOC(=O)[C@H](CN=[N+]=[N-])NC(C)=O. The molecule has 0 aliphatic heterocycles. The highest BCUT2D eigenvalue weighted by Gasteiger charge is 2.19. The number of carbonyl (C=O) groups is 2. The summed E-state index contributed by atoms with van der Waals surface area (Å²) in [6.07, 6.45) is 0. The van der Waals surface area contributed by atoms with E-state index >= 15 is 0 Å². The van der Waals surface area contributed by atoms with E-state index < -0.39 is 12.0 Å². The zero-order valence-electron chi connectivity index (χ0n) is 8.06. The molecule has 0 aliphatic rings. The lowest BCUT2D eigenvalue weighted by Crippen LogP contribution is -2.42. The second kappa shape index (κ2) is 6.73. The first-order valence-electron chi connectivity index (χ1n) is 4.06. The Morgan fingerprint density at radius 1 is 1.64 bits per heavy atom. The van der Waals surface area contributed by atoms with Crippen LogP contribution >= 0.6 is 0 Å². The van der Waals surface area contributed by atoms with Crippen LogP contribution < -0.4 is 5.32 Å². The van der Waals surface area contributed by atoms with Gasteiger partial charge in [0.2, 0.25) is 5.91 Å². The van der Waals surface area contributed by atoms with E-state index in [0.29, 0.717) is 0 Å². The largest absolute Gasteiger partial charge is 0.464 e. The fraction of sp³-hybridized carbons (Fsp3) is 0.714. The molecule has 0 saturated carbocycles. The Balaban J connectivity index is 4.28. The van der Waals surface area contributed by atoms with E-state index in [0.717, 1.165) is 0 Å². The van der Waals surface area contributed by atoms with Gasteiger partial charge in [-0.15, -0.1) is 0 Å². The van der Waals surface area contributed by atoms with Crippen molar-refractivity contribution in [2.24, 2.45) is 5.11 Å². The van der Waals surface area contributed by atoms with Gasteiger partial charge < -0.3 is 10.1 Å². The van der Waals surface area contributed by atoms with E-state index in [-0.39, 0.29) is 19.1 Å². The summed E-state index contributed by atoms with van der Waals surface area (Å²) in [5.74, 6) is -0.980. The number of rotatable bonds is 5. The van der Waals surface area contributed by atoms with Gasteiger partial charge in [-0.3, -0.25) is 4.79 Å². The number of esters is 1. The smallest absolute Gasteiger partial charge is 0.328 e. The minimum absolute atomic E-state index is 0.144. The van der Waals surface area contributed by atoms with Gasteiger partial charge in [-0.05, 0) is 12.5 Å². The molecule has 0 fully saturated rings. The van der Waals surface area contributed by atoms with E-state index in [1.807, 2.05) is 0 Å². The Labute approximate surface area is 81.0 Å². The highest BCUT2D eigenvalue weighted by atomic mass is 16.5. The predicted molar refractivity (Wildman–Crippen MR) is 48.3 cm³/mol. The maximum atomic E-state index is 11.2. The molecule has 1 amide bonds.